The lowest BCUT2D eigenvalue weighted by atomic mass is 10.1. The number of hydrogen-bond acceptors (Lipinski definition) is 4. The van der Waals surface area contributed by atoms with Crippen LogP contribution in [0.25, 0.3) is 6.08 Å². The number of benzene rings is 1. The average Bonchev–Trinajstić information content (AvgIpc) is 2.97. The molecule has 0 aliphatic carbocycles. The predicted molar refractivity (Wildman–Crippen MR) is 84.7 cm³/mol. The molecule has 0 unspecified atom stereocenters. The van der Waals surface area contributed by atoms with Crippen molar-refractivity contribution >= 4 is 18.0 Å². The first-order valence-electron chi connectivity index (χ1n) is 7.23. The average molecular weight is 300 g/mol. The highest BCUT2D eigenvalue weighted by Crippen LogP contribution is 2.10. The molecule has 5 heteroatoms. The van der Waals surface area contributed by atoms with Crippen LogP contribution in [0.4, 0.5) is 0 Å². The minimum Gasteiger partial charge on any atom is -0.462 e. The second-order valence-corrected chi connectivity index (χ2v) is 4.94. The Morgan fingerprint density at radius 3 is 2.55 bits per heavy atom. The maximum absolute atomic E-state index is 11.5. The molecule has 1 aromatic carbocycles. The van der Waals surface area contributed by atoms with Crippen molar-refractivity contribution in [1.82, 2.24) is 9.80 Å². The van der Waals surface area contributed by atoms with Gasteiger partial charge in [0.15, 0.2) is 0 Å². The summed E-state index contributed by atoms with van der Waals surface area (Å²) in [5, 5.41) is 0. The molecule has 22 heavy (non-hydrogen) atoms. The number of esters is 1. The summed E-state index contributed by atoms with van der Waals surface area (Å²) in [6.07, 6.45) is 7.69. The molecule has 0 radical (unpaired) electrons. The van der Waals surface area contributed by atoms with Crippen LogP contribution in [-0.4, -0.2) is 41.5 Å². The van der Waals surface area contributed by atoms with Crippen molar-refractivity contribution in [2.45, 2.75) is 13.8 Å². The standard InChI is InChI=1S/C17H20N2O3/c1-3-22-17(21)16-8-6-15(7-9-16)5-4-10-18-11-12-19(13-18)14(2)20/h4-9,11-12H,3,10,13H2,1-2H3. The molecule has 0 saturated carbocycles. The Kier molecular flexibility index (Phi) is 5.36. The zero-order chi connectivity index (χ0) is 15.9. The lowest BCUT2D eigenvalue weighted by molar-refractivity contribution is -0.126. The monoisotopic (exact) mass is 300 g/mol. The Labute approximate surface area is 130 Å². The van der Waals surface area contributed by atoms with Gasteiger partial charge in [0.05, 0.1) is 18.8 Å². The molecular formula is C17H20N2O3. The Bertz CT molecular complexity index is 590. The van der Waals surface area contributed by atoms with Gasteiger partial charge in [-0.3, -0.25) is 9.69 Å². The molecule has 1 heterocycles. The van der Waals surface area contributed by atoms with Crippen LogP contribution in [0, 0.1) is 0 Å². The zero-order valence-electron chi connectivity index (χ0n) is 12.9. The van der Waals surface area contributed by atoms with Crippen molar-refractivity contribution in [3.63, 3.8) is 0 Å². The molecule has 0 N–H and O–H groups in total. The van der Waals surface area contributed by atoms with Crippen molar-refractivity contribution in [3.05, 3.63) is 53.9 Å². The maximum Gasteiger partial charge on any atom is 0.338 e. The van der Waals surface area contributed by atoms with E-state index in [9.17, 15) is 9.59 Å². The Morgan fingerprint density at radius 2 is 1.95 bits per heavy atom. The summed E-state index contributed by atoms with van der Waals surface area (Å²) in [5.74, 6) is -0.262. The highest BCUT2D eigenvalue weighted by Gasteiger charge is 2.13. The number of amides is 1. The van der Waals surface area contributed by atoms with E-state index in [1.54, 1.807) is 37.1 Å². The summed E-state index contributed by atoms with van der Waals surface area (Å²) in [6.45, 7) is 5.02. The smallest absolute Gasteiger partial charge is 0.338 e. The van der Waals surface area contributed by atoms with E-state index in [1.807, 2.05) is 35.4 Å². The molecule has 0 bridgehead atoms. The van der Waals surface area contributed by atoms with Gasteiger partial charge in [0.25, 0.3) is 0 Å². The fraction of sp³-hybridized carbons (Fsp3) is 0.294. The fourth-order valence-corrected chi connectivity index (χ4v) is 2.06. The zero-order valence-corrected chi connectivity index (χ0v) is 12.9. The molecular weight excluding hydrogens is 280 g/mol. The van der Waals surface area contributed by atoms with E-state index >= 15 is 0 Å². The largest absolute Gasteiger partial charge is 0.462 e. The van der Waals surface area contributed by atoms with E-state index in [2.05, 4.69) is 0 Å². The van der Waals surface area contributed by atoms with Gasteiger partial charge in [0.2, 0.25) is 5.91 Å². The molecule has 0 spiro atoms. The van der Waals surface area contributed by atoms with Crippen LogP contribution in [0.2, 0.25) is 0 Å². The highest BCUT2D eigenvalue weighted by atomic mass is 16.5. The van der Waals surface area contributed by atoms with E-state index < -0.39 is 0 Å². The number of hydrogen-bond donors (Lipinski definition) is 0. The minimum absolute atomic E-state index is 0.0392. The Morgan fingerprint density at radius 1 is 1.23 bits per heavy atom. The summed E-state index contributed by atoms with van der Waals surface area (Å²) in [5.41, 5.74) is 1.57. The van der Waals surface area contributed by atoms with Crippen LogP contribution in [0.5, 0.6) is 0 Å². The number of carbonyl (C=O) groups excluding carboxylic acids is 2. The van der Waals surface area contributed by atoms with Gasteiger partial charge in [-0.1, -0.05) is 24.3 Å². The summed E-state index contributed by atoms with van der Waals surface area (Å²) < 4.78 is 4.94. The first kappa shape index (κ1) is 15.8. The number of rotatable bonds is 5. The van der Waals surface area contributed by atoms with Crippen molar-refractivity contribution < 1.29 is 14.3 Å². The Balaban J connectivity index is 1.85. The van der Waals surface area contributed by atoms with Gasteiger partial charge in [-0.2, -0.15) is 0 Å². The van der Waals surface area contributed by atoms with Crippen LogP contribution in [0.3, 0.4) is 0 Å². The quantitative estimate of drug-likeness (QED) is 0.784. The SMILES string of the molecule is CCOC(=O)c1ccc(C=CCN2C=CN(C(C)=O)C2)cc1. The normalized spacial score (nSPS) is 13.9. The first-order chi connectivity index (χ1) is 10.6. The lowest BCUT2D eigenvalue weighted by Gasteiger charge is -2.17. The van der Waals surface area contributed by atoms with E-state index in [4.69, 9.17) is 4.74 Å². The van der Waals surface area contributed by atoms with Crippen LogP contribution in [0.15, 0.2) is 42.7 Å². The topological polar surface area (TPSA) is 49.9 Å². The predicted octanol–water partition coefficient (Wildman–Crippen LogP) is 2.47. The molecule has 5 nitrogen and oxygen atoms in total. The van der Waals surface area contributed by atoms with Gasteiger partial charge >= 0.3 is 5.97 Å². The molecule has 0 atom stereocenters. The molecule has 0 aromatic heterocycles. The second-order valence-electron chi connectivity index (χ2n) is 4.94. The highest BCUT2D eigenvalue weighted by molar-refractivity contribution is 5.89. The summed E-state index contributed by atoms with van der Waals surface area (Å²) in [4.78, 5) is 26.4. The molecule has 0 fully saturated rings. The van der Waals surface area contributed by atoms with Crippen molar-refractivity contribution in [3.8, 4) is 0 Å². The van der Waals surface area contributed by atoms with Gasteiger partial charge in [-0.15, -0.1) is 0 Å². The van der Waals surface area contributed by atoms with Gasteiger partial charge < -0.3 is 9.64 Å². The van der Waals surface area contributed by atoms with E-state index in [-0.39, 0.29) is 11.9 Å². The van der Waals surface area contributed by atoms with Gasteiger partial charge in [-0.05, 0) is 24.6 Å². The maximum atomic E-state index is 11.5. The first-order valence-corrected chi connectivity index (χ1v) is 7.23. The molecule has 116 valence electrons. The third-order valence-corrected chi connectivity index (χ3v) is 3.27. The minimum atomic E-state index is -0.301. The molecule has 1 aliphatic heterocycles. The molecule has 0 saturated heterocycles. The summed E-state index contributed by atoms with van der Waals surface area (Å²) >= 11 is 0. The van der Waals surface area contributed by atoms with Crippen LogP contribution in [-0.2, 0) is 9.53 Å². The van der Waals surface area contributed by atoms with Crippen LogP contribution in [0.1, 0.15) is 29.8 Å². The Hall–Kier alpha value is -2.56. The molecule has 1 aliphatic rings. The summed E-state index contributed by atoms with van der Waals surface area (Å²) in [6, 6.07) is 7.27. The van der Waals surface area contributed by atoms with Gasteiger partial charge in [0, 0.05) is 25.9 Å². The van der Waals surface area contributed by atoms with Crippen molar-refractivity contribution in [2.24, 2.45) is 0 Å². The third kappa shape index (κ3) is 4.22. The number of ether oxygens (including phenoxy) is 1. The van der Waals surface area contributed by atoms with Crippen molar-refractivity contribution in [1.29, 1.82) is 0 Å². The molecule has 2 rings (SSSR count). The van der Waals surface area contributed by atoms with E-state index in [1.165, 1.54) is 0 Å². The lowest BCUT2D eigenvalue weighted by Crippen LogP contribution is -2.28. The molecule has 1 amide bonds. The number of nitrogens with zero attached hydrogens (tertiary/aromatic N) is 2. The molecule has 1 aromatic rings. The summed E-state index contributed by atoms with van der Waals surface area (Å²) in [7, 11) is 0. The number of carbonyl (C=O) groups is 2. The van der Waals surface area contributed by atoms with E-state index in [0.717, 1.165) is 12.1 Å². The van der Waals surface area contributed by atoms with E-state index in [0.29, 0.717) is 18.8 Å². The van der Waals surface area contributed by atoms with Crippen LogP contribution >= 0.6 is 0 Å². The van der Waals surface area contributed by atoms with Crippen molar-refractivity contribution in [2.75, 3.05) is 19.8 Å². The second kappa shape index (κ2) is 7.45. The van der Waals surface area contributed by atoms with Crippen LogP contribution < -0.4 is 0 Å². The third-order valence-electron chi connectivity index (χ3n) is 3.27. The van der Waals surface area contributed by atoms with Gasteiger partial charge in [0.1, 0.15) is 0 Å². The van der Waals surface area contributed by atoms with Gasteiger partial charge in [-0.25, -0.2) is 4.79 Å². The fourth-order valence-electron chi connectivity index (χ4n) is 2.06.